The van der Waals surface area contributed by atoms with E-state index in [1.165, 1.54) is 0 Å². The average molecular weight is 284 g/mol. The Morgan fingerprint density at radius 3 is 2.76 bits per heavy atom. The Balaban J connectivity index is 2.09. The minimum absolute atomic E-state index is 0.00350. The fourth-order valence-corrected chi connectivity index (χ4v) is 2.31. The van der Waals surface area contributed by atoms with Crippen LogP contribution in [0.1, 0.15) is 19.6 Å². The maximum absolute atomic E-state index is 12.6. The number of carbonyl (C=O) groups excluding carboxylic acids is 1. The predicted octanol–water partition coefficient (Wildman–Crippen LogP) is 3.04. The summed E-state index contributed by atoms with van der Waals surface area (Å²) in [4.78, 5) is 14.3. The van der Waals surface area contributed by atoms with Crippen LogP contribution >= 0.6 is 0 Å². The zero-order valence-corrected chi connectivity index (χ0v) is 11.9. The molecule has 2 N–H and O–H groups in total. The van der Waals surface area contributed by atoms with Gasteiger partial charge in [0.1, 0.15) is 5.76 Å². The molecule has 0 saturated carbocycles. The minimum atomic E-state index is -0.196. The first kappa shape index (κ1) is 13.3. The van der Waals surface area contributed by atoms with Gasteiger partial charge in [0.2, 0.25) is 0 Å². The topological polar surface area (TPSA) is 68.7 Å². The van der Waals surface area contributed by atoms with Gasteiger partial charge in [-0.3, -0.25) is 9.69 Å². The molecule has 0 radical (unpaired) electrons. The van der Waals surface area contributed by atoms with E-state index in [9.17, 15) is 4.79 Å². The van der Waals surface area contributed by atoms with Gasteiger partial charge >= 0.3 is 0 Å². The van der Waals surface area contributed by atoms with E-state index in [4.69, 9.17) is 14.9 Å². The van der Waals surface area contributed by atoms with Crippen LogP contribution in [0.5, 0.6) is 5.75 Å². The van der Waals surface area contributed by atoms with Crippen molar-refractivity contribution in [3.8, 4) is 5.75 Å². The van der Waals surface area contributed by atoms with Crippen LogP contribution in [0.15, 0.2) is 46.8 Å². The van der Waals surface area contributed by atoms with Gasteiger partial charge in [0.15, 0.2) is 11.5 Å². The van der Waals surface area contributed by atoms with E-state index < -0.39 is 0 Å². The molecule has 5 heteroatoms. The predicted molar refractivity (Wildman–Crippen MR) is 80.8 cm³/mol. The van der Waals surface area contributed by atoms with Gasteiger partial charge in [-0.1, -0.05) is 0 Å². The molecular formula is C16H16N2O3. The Hall–Kier alpha value is -2.69. The van der Waals surface area contributed by atoms with Crippen LogP contribution in [-0.4, -0.2) is 11.9 Å². The highest BCUT2D eigenvalue weighted by Crippen LogP contribution is 2.38. The second kappa shape index (κ2) is 5.01. The lowest BCUT2D eigenvalue weighted by Gasteiger charge is -2.33. The van der Waals surface area contributed by atoms with Crippen molar-refractivity contribution in [3.63, 3.8) is 0 Å². The highest BCUT2D eigenvalue weighted by Gasteiger charge is 2.32. The van der Waals surface area contributed by atoms with E-state index in [2.05, 4.69) is 0 Å². The van der Waals surface area contributed by atoms with Crippen molar-refractivity contribution >= 4 is 23.4 Å². The Morgan fingerprint density at radius 2 is 2.10 bits per heavy atom. The number of hydrogen-bond acceptors (Lipinski definition) is 4. The average Bonchev–Trinajstić information content (AvgIpc) is 2.92. The van der Waals surface area contributed by atoms with Crippen molar-refractivity contribution in [3.05, 3.63) is 48.1 Å². The van der Waals surface area contributed by atoms with Crippen molar-refractivity contribution < 1.29 is 13.9 Å². The van der Waals surface area contributed by atoms with E-state index in [0.717, 1.165) is 5.69 Å². The lowest BCUT2D eigenvalue weighted by atomic mass is 10.1. The molecule has 0 bridgehead atoms. The molecule has 21 heavy (non-hydrogen) atoms. The normalized spacial score (nSPS) is 16.2. The number of ether oxygens (including phenoxy) is 1. The van der Waals surface area contributed by atoms with Crippen molar-refractivity contribution in [1.82, 2.24) is 0 Å². The summed E-state index contributed by atoms with van der Waals surface area (Å²) in [5.41, 5.74) is 7.11. The summed E-state index contributed by atoms with van der Waals surface area (Å²) in [7, 11) is 0. The molecule has 108 valence electrons. The number of carbonyl (C=O) groups is 1. The van der Waals surface area contributed by atoms with Gasteiger partial charge in [-0.25, -0.2) is 0 Å². The largest absolute Gasteiger partial charge is 0.465 e. The van der Waals surface area contributed by atoms with Crippen molar-refractivity contribution in [2.45, 2.75) is 19.9 Å². The number of anilines is 2. The molecule has 2 aromatic rings. The van der Waals surface area contributed by atoms with Crippen molar-refractivity contribution in [1.29, 1.82) is 0 Å². The van der Waals surface area contributed by atoms with Crippen LogP contribution in [0.3, 0.4) is 0 Å². The van der Waals surface area contributed by atoms with E-state index in [1.54, 1.807) is 47.6 Å². The Labute approximate surface area is 122 Å². The molecule has 0 aliphatic carbocycles. The molecule has 2 heterocycles. The number of fused-ring (bicyclic) bond motifs is 1. The van der Waals surface area contributed by atoms with E-state index in [0.29, 0.717) is 17.2 Å². The van der Waals surface area contributed by atoms with E-state index in [1.807, 2.05) is 13.8 Å². The zero-order chi connectivity index (χ0) is 15.0. The summed E-state index contributed by atoms with van der Waals surface area (Å²) in [6, 6.07) is 8.79. The van der Waals surface area contributed by atoms with E-state index >= 15 is 0 Å². The lowest BCUT2D eigenvalue weighted by Crippen LogP contribution is -2.42. The number of benzene rings is 1. The van der Waals surface area contributed by atoms with Crippen LogP contribution in [0.4, 0.5) is 11.4 Å². The molecule has 0 fully saturated rings. The highest BCUT2D eigenvalue weighted by atomic mass is 16.5. The molecular weight excluding hydrogens is 268 g/mol. The number of nitrogen functional groups attached to an aromatic ring is 1. The summed E-state index contributed by atoms with van der Waals surface area (Å²) in [5, 5.41) is 0. The SMILES string of the molecule is CC(C)N1C(=O)/C(=C\c2ccco2)Oc2cc(N)ccc21. The Kier molecular flexibility index (Phi) is 3.17. The van der Waals surface area contributed by atoms with Gasteiger partial charge in [-0.05, 0) is 38.1 Å². The molecule has 5 nitrogen and oxygen atoms in total. The van der Waals surface area contributed by atoms with Crippen molar-refractivity contribution in [2.24, 2.45) is 0 Å². The highest BCUT2D eigenvalue weighted by molar-refractivity contribution is 6.10. The summed E-state index contributed by atoms with van der Waals surface area (Å²) >= 11 is 0. The Bertz CT molecular complexity index is 702. The first-order chi connectivity index (χ1) is 10.1. The van der Waals surface area contributed by atoms with Crippen molar-refractivity contribution in [2.75, 3.05) is 10.6 Å². The van der Waals surface area contributed by atoms with Gasteiger partial charge in [-0.15, -0.1) is 0 Å². The van der Waals surface area contributed by atoms with Crippen LogP contribution in [-0.2, 0) is 4.79 Å². The van der Waals surface area contributed by atoms with Crippen LogP contribution < -0.4 is 15.4 Å². The molecule has 1 aromatic carbocycles. The summed E-state index contributed by atoms with van der Waals surface area (Å²) in [6.45, 7) is 3.90. The third-order valence-electron chi connectivity index (χ3n) is 3.23. The van der Waals surface area contributed by atoms with E-state index in [-0.39, 0.29) is 17.7 Å². The first-order valence-corrected chi connectivity index (χ1v) is 6.72. The number of nitrogens with zero attached hydrogens (tertiary/aromatic N) is 1. The smallest absolute Gasteiger partial charge is 0.294 e. The van der Waals surface area contributed by atoms with Gasteiger partial charge in [0.05, 0.1) is 12.0 Å². The monoisotopic (exact) mass is 284 g/mol. The lowest BCUT2D eigenvalue weighted by molar-refractivity contribution is -0.117. The number of furan rings is 1. The zero-order valence-electron chi connectivity index (χ0n) is 11.9. The van der Waals surface area contributed by atoms with Gasteiger partial charge in [0.25, 0.3) is 5.91 Å². The van der Waals surface area contributed by atoms with Crippen LogP contribution in [0, 0.1) is 0 Å². The molecule has 0 atom stereocenters. The number of hydrogen-bond donors (Lipinski definition) is 1. The molecule has 3 rings (SSSR count). The molecule has 0 saturated heterocycles. The minimum Gasteiger partial charge on any atom is -0.465 e. The summed E-state index contributed by atoms with van der Waals surface area (Å²) in [5.74, 6) is 1.16. The second-order valence-corrected chi connectivity index (χ2v) is 5.12. The quantitative estimate of drug-likeness (QED) is 0.680. The van der Waals surface area contributed by atoms with Gasteiger partial charge in [0, 0.05) is 23.9 Å². The summed E-state index contributed by atoms with van der Waals surface area (Å²) < 4.78 is 10.9. The molecule has 1 aliphatic rings. The first-order valence-electron chi connectivity index (χ1n) is 6.72. The Morgan fingerprint density at radius 1 is 1.29 bits per heavy atom. The molecule has 0 unspecified atom stereocenters. The standard InChI is InChI=1S/C16H16N2O3/c1-10(2)18-13-6-5-11(17)8-14(13)21-15(16(18)19)9-12-4-3-7-20-12/h3-10H,17H2,1-2H3/b15-9+. The second-order valence-electron chi connectivity index (χ2n) is 5.12. The number of rotatable bonds is 2. The van der Waals surface area contributed by atoms with Gasteiger partial charge in [-0.2, -0.15) is 0 Å². The number of nitrogens with two attached hydrogens (primary N) is 1. The molecule has 1 amide bonds. The number of amides is 1. The third-order valence-corrected chi connectivity index (χ3v) is 3.23. The van der Waals surface area contributed by atoms with Gasteiger partial charge < -0.3 is 14.9 Å². The maximum atomic E-state index is 12.6. The van der Waals surface area contributed by atoms with Crippen LogP contribution in [0.2, 0.25) is 0 Å². The summed E-state index contributed by atoms with van der Waals surface area (Å²) in [6.07, 6.45) is 3.13. The van der Waals surface area contributed by atoms with Crippen LogP contribution in [0.25, 0.3) is 6.08 Å². The molecule has 1 aromatic heterocycles. The fraction of sp³-hybridized carbons (Fsp3) is 0.188. The molecule has 1 aliphatic heterocycles. The molecule has 0 spiro atoms. The third kappa shape index (κ3) is 2.38. The maximum Gasteiger partial charge on any atom is 0.294 e. The fourth-order valence-electron chi connectivity index (χ4n) is 2.31.